The molecule has 0 aliphatic rings. The van der Waals surface area contributed by atoms with Crippen LogP contribution >= 0.6 is 23.8 Å². The molecule has 1 aromatic heterocycles. The van der Waals surface area contributed by atoms with E-state index in [0.717, 1.165) is 22.4 Å². The highest BCUT2D eigenvalue weighted by Gasteiger charge is 2.10. The largest absolute Gasteiger partial charge is 0.332 e. The summed E-state index contributed by atoms with van der Waals surface area (Å²) in [6.07, 6.45) is 1.70. The monoisotopic (exact) mass is 388 g/mol. The quantitative estimate of drug-likeness (QED) is 0.606. The summed E-state index contributed by atoms with van der Waals surface area (Å²) < 4.78 is 14.7. The third-order valence-electron chi connectivity index (χ3n) is 3.85. The fraction of sp³-hybridized carbons (Fsp3) is 0.158. The first-order chi connectivity index (χ1) is 12.4. The number of aryl methyl sites for hydroxylation is 2. The van der Waals surface area contributed by atoms with Gasteiger partial charge in [-0.3, -0.25) is 4.68 Å². The van der Waals surface area contributed by atoms with E-state index in [4.69, 9.17) is 23.8 Å². The number of thiocarbonyl (C=S) groups is 1. The summed E-state index contributed by atoms with van der Waals surface area (Å²) in [5, 5.41) is 11.4. The number of nitrogens with one attached hydrogen (secondary N) is 2. The summed E-state index contributed by atoms with van der Waals surface area (Å²) in [6.45, 7) is 4.52. The average molecular weight is 389 g/mol. The molecular weight excluding hydrogens is 371 g/mol. The predicted octanol–water partition coefficient (Wildman–Crippen LogP) is 5.15. The molecule has 2 N–H and O–H groups in total. The van der Waals surface area contributed by atoms with E-state index in [1.807, 2.05) is 32.0 Å². The van der Waals surface area contributed by atoms with Gasteiger partial charge >= 0.3 is 0 Å². The van der Waals surface area contributed by atoms with Crippen LogP contribution in [-0.4, -0.2) is 14.9 Å². The van der Waals surface area contributed by atoms with Crippen molar-refractivity contribution in [1.82, 2.24) is 9.78 Å². The van der Waals surface area contributed by atoms with Crippen LogP contribution in [0.15, 0.2) is 48.7 Å². The van der Waals surface area contributed by atoms with E-state index < -0.39 is 0 Å². The molecule has 3 aromatic rings. The molecule has 4 nitrogen and oxygen atoms in total. The van der Waals surface area contributed by atoms with Crippen LogP contribution in [0.5, 0.6) is 0 Å². The highest BCUT2D eigenvalue weighted by molar-refractivity contribution is 7.80. The Morgan fingerprint density at radius 3 is 2.62 bits per heavy atom. The Kier molecular flexibility index (Phi) is 5.54. The van der Waals surface area contributed by atoms with Gasteiger partial charge in [-0.05, 0) is 61.0 Å². The van der Waals surface area contributed by atoms with E-state index in [-0.39, 0.29) is 5.82 Å². The van der Waals surface area contributed by atoms with E-state index in [0.29, 0.717) is 22.5 Å². The van der Waals surface area contributed by atoms with Crippen molar-refractivity contribution < 1.29 is 4.39 Å². The maximum atomic E-state index is 13.0. The molecule has 134 valence electrons. The highest BCUT2D eigenvalue weighted by Crippen LogP contribution is 2.21. The van der Waals surface area contributed by atoms with Gasteiger partial charge in [-0.1, -0.05) is 35.9 Å². The third-order valence-corrected chi connectivity index (χ3v) is 4.33. The smallest absolute Gasteiger partial charge is 0.176 e. The van der Waals surface area contributed by atoms with Gasteiger partial charge in [0.1, 0.15) is 10.8 Å². The fourth-order valence-electron chi connectivity index (χ4n) is 2.47. The molecule has 0 aliphatic carbocycles. The van der Waals surface area contributed by atoms with E-state index in [1.165, 1.54) is 12.1 Å². The van der Waals surface area contributed by atoms with E-state index in [1.54, 1.807) is 23.0 Å². The molecule has 0 atom stereocenters. The Bertz CT molecular complexity index is 937. The number of nitrogens with zero attached hydrogens (tertiary/aromatic N) is 2. The highest BCUT2D eigenvalue weighted by atomic mass is 35.5. The zero-order chi connectivity index (χ0) is 18.7. The molecule has 0 saturated heterocycles. The minimum atomic E-state index is -0.266. The van der Waals surface area contributed by atoms with Crippen LogP contribution in [0.2, 0.25) is 5.02 Å². The molecule has 1 heterocycles. The number of hydrogen-bond donors (Lipinski definition) is 2. The van der Waals surface area contributed by atoms with Crippen molar-refractivity contribution in [3.05, 3.63) is 76.2 Å². The predicted molar refractivity (Wildman–Crippen MR) is 108 cm³/mol. The van der Waals surface area contributed by atoms with Crippen molar-refractivity contribution in [2.24, 2.45) is 0 Å². The van der Waals surface area contributed by atoms with Crippen LogP contribution in [0.1, 0.15) is 16.7 Å². The second-order valence-corrected chi connectivity index (χ2v) is 6.86. The molecule has 7 heteroatoms. The van der Waals surface area contributed by atoms with Crippen molar-refractivity contribution in [1.29, 1.82) is 0 Å². The Hall–Kier alpha value is -2.44. The Morgan fingerprint density at radius 1 is 1.15 bits per heavy atom. The molecular formula is C19H18ClFN4S. The SMILES string of the molecule is Cc1ccc(C)c(NC(=S)Nc2nn(Cc3ccc(F)cc3)cc2Cl)c1. The summed E-state index contributed by atoms with van der Waals surface area (Å²) in [6, 6.07) is 12.4. The van der Waals surface area contributed by atoms with Gasteiger partial charge in [-0.15, -0.1) is 0 Å². The minimum Gasteiger partial charge on any atom is -0.332 e. The molecule has 0 radical (unpaired) electrons. The van der Waals surface area contributed by atoms with E-state index >= 15 is 0 Å². The Morgan fingerprint density at radius 2 is 1.88 bits per heavy atom. The Balaban J connectivity index is 1.68. The first-order valence-electron chi connectivity index (χ1n) is 8.03. The van der Waals surface area contributed by atoms with Gasteiger partial charge < -0.3 is 10.6 Å². The van der Waals surface area contributed by atoms with Crippen molar-refractivity contribution in [2.75, 3.05) is 10.6 Å². The average Bonchev–Trinajstić information content (AvgIpc) is 2.92. The van der Waals surface area contributed by atoms with Gasteiger partial charge in [-0.25, -0.2) is 4.39 Å². The normalized spacial score (nSPS) is 10.6. The van der Waals surface area contributed by atoms with Crippen molar-refractivity contribution in [3.63, 3.8) is 0 Å². The second-order valence-electron chi connectivity index (χ2n) is 6.05. The van der Waals surface area contributed by atoms with Crippen LogP contribution in [0.25, 0.3) is 0 Å². The first kappa shape index (κ1) is 18.4. The molecule has 0 amide bonds. The fourth-order valence-corrected chi connectivity index (χ4v) is 2.88. The molecule has 26 heavy (non-hydrogen) atoms. The van der Waals surface area contributed by atoms with Gasteiger partial charge in [-0.2, -0.15) is 5.10 Å². The van der Waals surface area contributed by atoms with Gasteiger partial charge in [0.25, 0.3) is 0 Å². The van der Waals surface area contributed by atoms with E-state index in [9.17, 15) is 4.39 Å². The molecule has 0 bridgehead atoms. The Labute approximate surface area is 162 Å². The maximum absolute atomic E-state index is 13.0. The lowest BCUT2D eigenvalue weighted by atomic mass is 10.1. The van der Waals surface area contributed by atoms with Crippen molar-refractivity contribution >= 4 is 40.4 Å². The molecule has 0 fully saturated rings. The lowest BCUT2D eigenvalue weighted by molar-refractivity contribution is 0.624. The second kappa shape index (κ2) is 7.85. The minimum absolute atomic E-state index is 0.266. The summed E-state index contributed by atoms with van der Waals surface area (Å²) >= 11 is 11.6. The lowest BCUT2D eigenvalue weighted by Crippen LogP contribution is -2.20. The topological polar surface area (TPSA) is 41.9 Å². The summed E-state index contributed by atoms with van der Waals surface area (Å²) in [5.41, 5.74) is 4.09. The first-order valence-corrected chi connectivity index (χ1v) is 8.82. The number of benzene rings is 2. The summed E-state index contributed by atoms with van der Waals surface area (Å²) in [4.78, 5) is 0. The van der Waals surface area contributed by atoms with Crippen LogP contribution in [0, 0.1) is 19.7 Å². The van der Waals surface area contributed by atoms with Gasteiger partial charge in [0.05, 0.1) is 6.54 Å². The lowest BCUT2D eigenvalue weighted by Gasteiger charge is -2.12. The third kappa shape index (κ3) is 4.59. The number of halogens is 2. The number of hydrogen-bond acceptors (Lipinski definition) is 2. The van der Waals surface area contributed by atoms with Gasteiger partial charge in [0.15, 0.2) is 10.9 Å². The molecule has 0 unspecified atom stereocenters. The number of aromatic nitrogens is 2. The van der Waals surface area contributed by atoms with Crippen LogP contribution in [-0.2, 0) is 6.54 Å². The van der Waals surface area contributed by atoms with Crippen LogP contribution in [0.3, 0.4) is 0 Å². The standard InChI is InChI=1S/C19H18ClFN4S/c1-12-3-4-13(2)17(9-12)22-19(26)23-18-16(20)11-25(24-18)10-14-5-7-15(21)8-6-14/h3-9,11H,10H2,1-2H3,(H2,22,23,24,26). The number of anilines is 2. The molecule has 0 aliphatic heterocycles. The van der Waals surface area contributed by atoms with Crippen molar-refractivity contribution in [3.8, 4) is 0 Å². The molecule has 0 spiro atoms. The molecule has 2 aromatic carbocycles. The molecule has 0 saturated carbocycles. The summed E-state index contributed by atoms with van der Waals surface area (Å²) in [7, 11) is 0. The van der Waals surface area contributed by atoms with Gasteiger partial charge in [0, 0.05) is 11.9 Å². The number of rotatable bonds is 4. The zero-order valence-corrected chi connectivity index (χ0v) is 16.0. The van der Waals surface area contributed by atoms with Crippen LogP contribution in [0.4, 0.5) is 15.9 Å². The van der Waals surface area contributed by atoms with Gasteiger partial charge in [0.2, 0.25) is 0 Å². The zero-order valence-electron chi connectivity index (χ0n) is 14.4. The van der Waals surface area contributed by atoms with Crippen molar-refractivity contribution in [2.45, 2.75) is 20.4 Å². The van der Waals surface area contributed by atoms with E-state index in [2.05, 4.69) is 15.7 Å². The maximum Gasteiger partial charge on any atom is 0.176 e. The summed E-state index contributed by atoms with van der Waals surface area (Å²) in [5.74, 6) is 0.203. The van der Waals surface area contributed by atoms with Crippen LogP contribution < -0.4 is 10.6 Å². The molecule has 3 rings (SSSR count).